The molecule has 0 saturated heterocycles. The minimum absolute atomic E-state index is 0.000202. The lowest BCUT2D eigenvalue weighted by Gasteiger charge is -2.58. The highest BCUT2D eigenvalue weighted by Gasteiger charge is 2.70. The molecule has 0 radical (unpaired) electrons. The third-order valence-electron chi connectivity index (χ3n) is 8.69. The normalized spacial score (nSPS) is 52.0. The van der Waals surface area contributed by atoms with Crippen molar-refractivity contribution in [3.63, 3.8) is 0 Å². The van der Waals surface area contributed by atoms with E-state index in [0.717, 1.165) is 32.1 Å². The van der Waals surface area contributed by atoms with Crippen molar-refractivity contribution in [1.82, 2.24) is 0 Å². The van der Waals surface area contributed by atoms with Crippen LogP contribution in [0.3, 0.4) is 0 Å². The SMILES string of the molecule is CC(=O)OC1CC2(C)C3=CCC(C)(C(Br)CO)CC3C(O)CC2C2(C)CC12. The van der Waals surface area contributed by atoms with E-state index in [9.17, 15) is 15.0 Å². The lowest BCUT2D eigenvalue weighted by atomic mass is 9.48. The summed E-state index contributed by atoms with van der Waals surface area (Å²) in [6, 6.07) is 0. The van der Waals surface area contributed by atoms with Crippen LogP contribution in [-0.2, 0) is 9.53 Å². The zero-order valence-corrected chi connectivity index (χ0v) is 18.5. The Morgan fingerprint density at radius 2 is 2.04 bits per heavy atom. The van der Waals surface area contributed by atoms with E-state index >= 15 is 0 Å². The number of carbonyl (C=O) groups excluding carboxylic acids is 1. The van der Waals surface area contributed by atoms with Gasteiger partial charge >= 0.3 is 5.97 Å². The van der Waals surface area contributed by atoms with Gasteiger partial charge in [-0.05, 0) is 54.3 Å². The molecular weight excluding hydrogens is 408 g/mol. The summed E-state index contributed by atoms with van der Waals surface area (Å²) in [7, 11) is 0. The van der Waals surface area contributed by atoms with Gasteiger partial charge in [-0.3, -0.25) is 4.79 Å². The zero-order valence-electron chi connectivity index (χ0n) is 16.9. The van der Waals surface area contributed by atoms with Gasteiger partial charge in [0.25, 0.3) is 0 Å². The van der Waals surface area contributed by atoms with Gasteiger partial charge in [0.05, 0.1) is 12.7 Å². The number of allylic oxidation sites excluding steroid dienone is 1. The molecule has 0 aromatic heterocycles. The van der Waals surface area contributed by atoms with Crippen molar-refractivity contribution in [3.8, 4) is 0 Å². The Kier molecular flexibility index (Phi) is 4.65. The van der Waals surface area contributed by atoms with E-state index in [2.05, 4.69) is 42.8 Å². The van der Waals surface area contributed by atoms with Gasteiger partial charge in [-0.25, -0.2) is 0 Å². The number of rotatable bonds is 3. The summed E-state index contributed by atoms with van der Waals surface area (Å²) < 4.78 is 5.76. The molecule has 0 bridgehead atoms. The maximum atomic E-state index is 11.7. The van der Waals surface area contributed by atoms with Gasteiger partial charge in [0, 0.05) is 23.6 Å². The molecule has 0 aliphatic heterocycles. The number of hydrogen-bond donors (Lipinski definition) is 2. The first-order valence-corrected chi connectivity index (χ1v) is 11.3. The molecule has 3 fully saturated rings. The minimum atomic E-state index is -0.323. The van der Waals surface area contributed by atoms with Crippen LogP contribution < -0.4 is 0 Å². The van der Waals surface area contributed by atoms with Gasteiger partial charge in [0.1, 0.15) is 6.10 Å². The predicted octanol–water partition coefficient (Wildman–Crippen LogP) is 3.83. The lowest BCUT2D eigenvalue weighted by Crippen LogP contribution is -2.54. The van der Waals surface area contributed by atoms with Crippen LogP contribution in [0.25, 0.3) is 0 Å². The lowest BCUT2D eigenvalue weighted by molar-refractivity contribution is -0.156. The third-order valence-corrected chi connectivity index (χ3v) is 10.1. The quantitative estimate of drug-likeness (QED) is 0.397. The van der Waals surface area contributed by atoms with E-state index in [0.29, 0.717) is 11.8 Å². The summed E-state index contributed by atoms with van der Waals surface area (Å²) in [5, 5.41) is 20.8. The maximum absolute atomic E-state index is 11.7. The largest absolute Gasteiger partial charge is 0.462 e. The van der Waals surface area contributed by atoms with E-state index < -0.39 is 0 Å². The van der Waals surface area contributed by atoms with Crippen molar-refractivity contribution < 1.29 is 19.7 Å². The van der Waals surface area contributed by atoms with Crippen LogP contribution >= 0.6 is 15.9 Å². The summed E-state index contributed by atoms with van der Waals surface area (Å²) in [4.78, 5) is 11.7. The van der Waals surface area contributed by atoms with Gasteiger partial charge in [-0.2, -0.15) is 0 Å². The summed E-state index contributed by atoms with van der Waals surface area (Å²) in [5.74, 6) is 0.840. The van der Waals surface area contributed by atoms with Crippen molar-refractivity contribution >= 4 is 21.9 Å². The van der Waals surface area contributed by atoms with Crippen LogP contribution in [0.1, 0.15) is 59.8 Å². The Bertz CT molecular complexity index is 677. The van der Waals surface area contributed by atoms with Gasteiger partial charge in [0.2, 0.25) is 0 Å². The van der Waals surface area contributed by atoms with Gasteiger partial charge in [-0.15, -0.1) is 0 Å². The Morgan fingerprint density at radius 1 is 1.33 bits per heavy atom. The summed E-state index contributed by atoms with van der Waals surface area (Å²) in [5.41, 5.74) is 1.48. The van der Waals surface area contributed by atoms with Crippen LogP contribution in [-0.4, -0.2) is 39.8 Å². The molecule has 9 atom stereocenters. The topological polar surface area (TPSA) is 66.8 Å². The van der Waals surface area contributed by atoms with Crippen molar-refractivity contribution in [1.29, 1.82) is 0 Å². The summed E-state index contributed by atoms with van der Waals surface area (Å²) in [6.07, 6.45) is 6.63. The number of aliphatic hydroxyl groups excluding tert-OH is 2. The van der Waals surface area contributed by atoms with Gasteiger partial charge < -0.3 is 14.9 Å². The van der Waals surface area contributed by atoms with Crippen LogP contribution in [0.4, 0.5) is 0 Å². The Balaban J connectivity index is 1.69. The summed E-state index contributed by atoms with van der Waals surface area (Å²) in [6.45, 7) is 8.50. The molecule has 2 N–H and O–H groups in total. The highest BCUT2D eigenvalue weighted by atomic mass is 79.9. The van der Waals surface area contributed by atoms with Crippen LogP contribution in [0, 0.1) is 34.0 Å². The van der Waals surface area contributed by atoms with Gasteiger partial charge in [-0.1, -0.05) is 48.4 Å². The molecule has 3 saturated carbocycles. The highest BCUT2D eigenvalue weighted by molar-refractivity contribution is 9.09. The smallest absolute Gasteiger partial charge is 0.302 e. The molecule has 4 aliphatic rings. The Labute approximate surface area is 170 Å². The molecule has 4 nitrogen and oxygen atoms in total. The first kappa shape index (κ1) is 19.9. The first-order chi connectivity index (χ1) is 12.5. The number of esters is 1. The second kappa shape index (κ2) is 6.30. The fourth-order valence-electron chi connectivity index (χ4n) is 7.06. The second-order valence-electron chi connectivity index (χ2n) is 10.4. The minimum Gasteiger partial charge on any atom is -0.462 e. The number of hydrogen-bond acceptors (Lipinski definition) is 4. The molecule has 0 heterocycles. The second-order valence-corrected chi connectivity index (χ2v) is 11.5. The molecule has 5 heteroatoms. The fourth-order valence-corrected chi connectivity index (χ4v) is 7.43. The highest BCUT2D eigenvalue weighted by Crippen LogP contribution is 2.74. The molecule has 27 heavy (non-hydrogen) atoms. The van der Waals surface area contributed by atoms with E-state index in [1.54, 1.807) is 0 Å². The van der Waals surface area contributed by atoms with Crippen LogP contribution in [0.15, 0.2) is 11.6 Å². The third kappa shape index (κ3) is 2.86. The molecule has 9 unspecified atom stereocenters. The Hall–Kier alpha value is -0.390. The number of aliphatic hydroxyl groups is 2. The maximum Gasteiger partial charge on any atom is 0.302 e. The molecule has 0 aromatic carbocycles. The van der Waals surface area contributed by atoms with E-state index in [1.165, 1.54) is 12.5 Å². The van der Waals surface area contributed by atoms with Crippen molar-refractivity contribution in [2.45, 2.75) is 76.8 Å². The molecular formula is C22H33BrO4. The molecule has 0 aromatic rings. The predicted molar refractivity (Wildman–Crippen MR) is 107 cm³/mol. The van der Waals surface area contributed by atoms with E-state index in [4.69, 9.17) is 4.74 Å². The Morgan fingerprint density at radius 3 is 2.67 bits per heavy atom. The average Bonchev–Trinajstić information content (AvgIpc) is 3.29. The van der Waals surface area contributed by atoms with Crippen molar-refractivity contribution in [2.24, 2.45) is 34.0 Å². The number of fused-ring (bicyclic) bond motifs is 5. The van der Waals surface area contributed by atoms with Crippen LogP contribution in [0.2, 0.25) is 0 Å². The number of alkyl halides is 1. The monoisotopic (exact) mass is 440 g/mol. The number of ether oxygens (including phenoxy) is 1. The average molecular weight is 441 g/mol. The number of carbonyl (C=O) groups is 1. The molecule has 0 amide bonds. The van der Waals surface area contributed by atoms with Crippen molar-refractivity contribution in [2.75, 3.05) is 6.61 Å². The van der Waals surface area contributed by atoms with Gasteiger partial charge in [0.15, 0.2) is 0 Å². The zero-order chi connectivity index (χ0) is 19.8. The molecule has 4 rings (SSSR count). The van der Waals surface area contributed by atoms with Crippen molar-refractivity contribution in [3.05, 3.63) is 11.6 Å². The van der Waals surface area contributed by atoms with E-state index in [-0.39, 0.29) is 51.8 Å². The first-order valence-electron chi connectivity index (χ1n) is 10.4. The standard InChI is InChI=1S/C22H33BrO4/c1-12(25)27-17-10-22(4)14-5-6-20(2,19(23)11-24)8-13(14)16(26)7-18(22)21(3)9-15(17)21/h5,13,15-19,24,26H,6-11H2,1-4H3. The number of halogens is 1. The fraction of sp³-hybridized carbons (Fsp3) is 0.864. The van der Waals surface area contributed by atoms with Crippen LogP contribution in [0.5, 0.6) is 0 Å². The molecule has 0 spiro atoms. The summed E-state index contributed by atoms with van der Waals surface area (Å²) >= 11 is 3.66. The molecule has 152 valence electrons. The van der Waals surface area contributed by atoms with E-state index in [1.807, 2.05) is 0 Å². The molecule has 4 aliphatic carbocycles.